The molecule has 0 saturated carbocycles. The molecular formula is C18H14O4. The van der Waals surface area contributed by atoms with E-state index < -0.39 is 18.0 Å². The third-order valence-corrected chi connectivity index (χ3v) is 4.62. The zero-order valence-electron chi connectivity index (χ0n) is 11.7. The first-order valence-electron chi connectivity index (χ1n) is 7.27. The molecule has 2 aromatic carbocycles. The van der Waals surface area contributed by atoms with Gasteiger partial charge in [-0.25, -0.2) is 4.79 Å². The predicted octanol–water partition coefficient (Wildman–Crippen LogP) is 2.93. The van der Waals surface area contributed by atoms with Crippen molar-refractivity contribution in [3.63, 3.8) is 0 Å². The van der Waals surface area contributed by atoms with Crippen molar-refractivity contribution in [2.24, 2.45) is 0 Å². The summed E-state index contributed by atoms with van der Waals surface area (Å²) in [4.78, 5) is 23.5. The third kappa shape index (κ3) is 1.77. The van der Waals surface area contributed by atoms with Gasteiger partial charge in [0.05, 0.1) is 6.42 Å². The summed E-state index contributed by atoms with van der Waals surface area (Å²) in [5, 5.41) is 9.49. The number of hydrogen-bond acceptors (Lipinski definition) is 3. The number of carboxylic acid groups (broad SMARTS) is 1. The summed E-state index contributed by atoms with van der Waals surface area (Å²) in [6.07, 6.45) is -0.902. The molecule has 0 aromatic heterocycles. The van der Waals surface area contributed by atoms with E-state index in [1.54, 1.807) is 0 Å². The fraction of sp³-hybridized carbons (Fsp3) is 0.222. The van der Waals surface area contributed by atoms with E-state index in [-0.39, 0.29) is 18.3 Å². The first-order valence-corrected chi connectivity index (χ1v) is 7.27. The largest absolute Gasteiger partial charge is 0.478 e. The lowest BCUT2D eigenvalue weighted by atomic mass is 9.67. The summed E-state index contributed by atoms with van der Waals surface area (Å²) in [6, 6.07) is 15.7. The van der Waals surface area contributed by atoms with Crippen LogP contribution in [0.15, 0.2) is 48.5 Å². The topological polar surface area (TPSA) is 63.6 Å². The van der Waals surface area contributed by atoms with E-state index >= 15 is 0 Å². The Hall–Kier alpha value is -2.62. The molecule has 1 N–H and O–H groups in total. The molecule has 22 heavy (non-hydrogen) atoms. The van der Waals surface area contributed by atoms with Gasteiger partial charge in [-0.3, -0.25) is 4.79 Å². The van der Waals surface area contributed by atoms with E-state index in [0.29, 0.717) is 0 Å². The van der Waals surface area contributed by atoms with E-state index in [1.165, 1.54) is 0 Å². The van der Waals surface area contributed by atoms with Crippen molar-refractivity contribution in [3.05, 3.63) is 59.7 Å². The molecular weight excluding hydrogens is 280 g/mol. The van der Waals surface area contributed by atoms with Crippen LogP contribution >= 0.6 is 0 Å². The Morgan fingerprint density at radius 3 is 2.27 bits per heavy atom. The van der Waals surface area contributed by atoms with Gasteiger partial charge < -0.3 is 9.84 Å². The second kappa shape index (κ2) is 4.70. The van der Waals surface area contributed by atoms with Gasteiger partial charge in [-0.2, -0.15) is 0 Å². The smallest absolute Gasteiger partial charge is 0.345 e. The predicted molar refractivity (Wildman–Crippen MR) is 79.5 cm³/mol. The molecule has 2 aromatic rings. The van der Waals surface area contributed by atoms with Crippen LogP contribution in [0.5, 0.6) is 0 Å². The Bertz CT molecular complexity index is 778. The first kappa shape index (κ1) is 13.1. The number of carboxylic acids is 1. The molecule has 4 nitrogen and oxygen atoms in total. The van der Waals surface area contributed by atoms with Crippen LogP contribution in [0, 0.1) is 0 Å². The summed E-state index contributed by atoms with van der Waals surface area (Å²) in [5.41, 5.74) is 4.10. The van der Waals surface area contributed by atoms with E-state index in [0.717, 1.165) is 22.3 Å². The minimum Gasteiger partial charge on any atom is -0.478 e. The molecule has 3 atom stereocenters. The van der Waals surface area contributed by atoms with Crippen LogP contribution < -0.4 is 0 Å². The molecule has 4 rings (SSSR count). The summed E-state index contributed by atoms with van der Waals surface area (Å²) in [5.74, 6) is -2.00. The lowest BCUT2D eigenvalue weighted by Gasteiger charge is -2.40. The van der Waals surface area contributed by atoms with E-state index in [1.807, 2.05) is 48.5 Å². The van der Waals surface area contributed by atoms with Gasteiger partial charge in [0, 0.05) is 11.8 Å². The second-order valence-corrected chi connectivity index (χ2v) is 5.76. The lowest BCUT2D eigenvalue weighted by Crippen LogP contribution is -2.42. The molecule has 110 valence electrons. The maximum atomic E-state index is 11.9. The second-order valence-electron chi connectivity index (χ2n) is 5.76. The lowest BCUT2D eigenvalue weighted by molar-refractivity contribution is -0.171. The van der Waals surface area contributed by atoms with Gasteiger partial charge in [0.15, 0.2) is 0 Å². The van der Waals surface area contributed by atoms with Gasteiger partial charge in [0.1, 0.15) is 0 Å². The average Bonchev–Trinajstić information content (AvgIpc) is 2.54. The molecule has 1 heterocycles. The maximum absolute atomic E-state index is 11.9. The number of esters is 1. The van der Waals surface area contributed by atoms with Gasteiger partial charge in [-0.05, 0) is 22.3 Å². The minimum absolute atomic E-state index is 0.145. The van der Waals surface area contributed by atoms with Crippen LogP contribution in [0.2, 0.25) is 0 Å². The van der Waals surface area contributed by atoms with Crippen molar-refractivity contribution in [3.8, 4) is 11.1 Å². The molecule has 1 aliphatic carbocycles. The SMILES string of the molecule is O=C1C[C@@H]2c3ccccc3-c3ccccc3[C@H]2[C@@H](C(=O)O)O1. The standard InChI is InChI=1S/C18H14O4/c19-15-9-14-12-7-2-1-5-10(12)11-6-3-4-8-13(11)16(14)17(22-15)18(20)21/h1-8,14,16-17H,9H2,(H,20,21)/t14-,16-,17+/m1/s1. The van der Waals surface area contributed by atoms with Crippen LogP contribution in [0.4, 0.5) is 0 Å². The van der Waals surface area contributed by atoms with Crippen molar-refractivity contribution < 1.29 is 19.4 Å². The highest BCUT2D eigenvalue weighted by Crippen LogP contribution is 2.52. The highest BCUT2D eigenvalue weighted by atomic mass is 16.6. The Morgan fingerprint density at radius 1 is 1.00 bits per heavy atom. The van der Waals surface area contributed by atoms with Crippen molar-refractivity contribution in [2.45, 2.75) is 24.4 Å². The molecule has 0 bridgehead atoms. The van der Waals surface area contributed by atoms with Gasteiger partial charge in [0.2, 0.25) is 6.10 Å². The highest BCUT2D eigenvalue weighted by molar-refractivity contribution is 5.86. The van der Waals surface area contributed by atoms with Gasteiger partial charge in [-0.15, -0.1) is 0 Å². The molecule has 1 aliphatic heterocycles. The number of aliphatic carboxylic acids is 1. The van der Waals surface area contributed by atoms with E-state index in [4.69, 9.17) is 4.74 Å². The normalized spacial score (nSPS) is 25.5. The number of fused-ring (bicyclic) bond motifs is 6. The summed E-state index contributed by atoms with van der Waals surface area (Å²) >= 11 is 0. The van der Waals surface area contributed by atoms with Crippen LogP contribution in [0.1, 0.15) is 29.4 Å². The zero-order valence-corrected chi connectivity index (χ0v) is 11.7. The van der Waals surface area contributed by atoms with Crippen molar-refractivity contribution in [2.75, 3.05) is 0 Å². The fourth-order valence-corrected chi connectivity index (χ4v) is 3.77. The molecule has 1 fully saturated rings. The molecule has 0 spiro atoms. The summed E-state index contributed by atoms with van der Waals surface area (Å²) in [6.45, 7) is 0. The average molecular weight is 294 g/mol. The Morgan fingerprint density at radius 2 is 1.59 bits per heavy atom. The molecule has 2 aliphatic rings. The quantitative estimate of drug-likeness (QED) is 0.821. The van der Waals surface area contributed by atoms with Crippen LogP contribution in [0.3, 0.4) is 0 Å². The van der Waals surface area contributed by atoms with Crippen LogP contribution in [-0.2, 0) is 14.3 Å². The number of hydrogen-bond donors (Lipinski definition) is 1. The van der Waals surface area contributed by atoms with Crippen LogP contribution in [0.25, 0.3) is 11.1 Å². The van der Waals surface area contributed by atoms with Crippen LogP contribution in [-0.4, -0.2) is 23.1 Å². The van der Waals surface area contributed by atoms with Gasteiger partial charge in [-0.1, -0.05) is 48.5 Å². The Kier molecular flexibility index (Phi) is 2.79. The van der Waals surface area contributed by atoms with E-state index in [9.17, 15) is 14.7 Å². The molecule has 1 saturated heterocycles. The first-order chi connectivity index (χ1) is 10.7. The molecule has 0 unspecified atom stereocenters. The van der Waals surface area contributed by atoms with Crippen molar-refractivity contribution in [1.29, 1.82) is 0 Å². The fourth-order valence-electron chi connectivity index (χ4n) is 3.77. The van der Waals surface area contributed by atoms with E-state index in [2.05, 4.69) is 0 Å². The summed E-state index contributed by atoms with van der Waals surface area (Å²) in [7, 11) is 0. The number of carbonyl (C=O) groups excluding carboxylic acids is 1. The Balaban J connectivity index is 1.98. The maximum Gasteiger partial charge on any atom is 0.345 e. The number of ether oxygens (including phenoxy) is 1. The zero-order chi connectivity index (χ0) is 15.3. The minimum atomic E-state index is -1.12. The number of cyclic esters (lactones) is 1. The van der Waals surface area contributed by atoms with Crippen molar-refractivity contribution in [1.82, 2.24) is 0 Å². The highest BCUT2D eigenvalue weighted by Gasteiger charge is 2.47. The monoisotopic (exact) mass is 294 g/mol. The number of carbonyl (C=O) groups is 2. The number of rotatable bonds is 1. The van der Waals surface area contributed by atoms with Crippen molar-refractivity contribution >= 4 is 11.9 Å². The van der Waals surface area contributed by atoms with Gasteiger partial charge in [0.25, 0.3) is 0 Å². The van der Waals surface area contributed by atoms with Gasteiger partial charge >= 0.3 is 11.9 Å². The summed E-state index contributed by atoms with van der Waals surface area (Å²) < 4.78 is 5.15. The molecule has 4 heteroatoms. The Labute approximate surface area is 127 Å². The molecule has 0 amide bonds. The number of benzene rings is 2. The third-order valence-electron chi connectivity index (χ3n) is 4.62. The molecule has 0 radical (unpaired) electrons.